The van der Waals surface area contributed by atoms with E-state index in [9.17, 15) is 4.79 Å². The molecule has 3 rings (SSSR count). The Kier molecular flexibility index (Phi) is 3.33. The summed E-state index contributed by atoms with van der Waals surface area (Å²) in [6.07, 6.45) is 2.33. The van der Waals surface area contributed by atoms with Crippen molar-refractivity contribution in [2.45, 2.75) is 58.8 Å². The van der Waals surface area contributed by atoms with Gasteiger partial charge in [-0.25, -0.2) is 0 Å². The molecule has 1 N–H and O–H groups in total. The van der Waals surface area contributed by atoms with Gasteiger partial charge in [0.1, 0.15) is 6.17 Å². The minimum Gasteiger partial charge on any atom is -0.319 e. The molecule has 20 heavy (non-hydrogen) atoms. The first-order valence-corrected chi connectivity index (χ1v) is 7.62. The Labute approximate surface area is 121 Å². The Morgan fingerprint density at radius 2 is 1.90 bits per heavy atom. The highest BCUT2D eigenvalue weighted by Gasteiger charge is 2.44. The zero-order valence-corrected chi connectivity index (χ0v) is 12.8. The maximum atomic E-state index is 12.5. The van der Waals surface area contributed by atoms with Crippen LogP contribution in [0.25, 0.3) is 0 Å². The first-order valence-electron chi connectivity index (χ1n) is 7.62. The lowest BCUT2D eigenvalue weighted by Gasteiger charge is -2.42. The average Bonchev–Trinajstić information content (AvgIpc) is 2.62. The molecular formula is C17H24N2O. The second-order valence-electron chi connectivity index (χ2n) is 6.63. The highest BCUT2D eigenvalue weighted by atomic mass is 16.2. The Morgan fingerprint density at radius 3 is 2.50 bits per heavy atom. The Balaban J connectivity index is 1.92. The Bertz CT molecular complexity index is 534. The van der Waals surface area contributed by atoms with Crippen LogP contribution in [0, 0.1) is 19.8 Å². The van der Waals surface area contributed by atoms with Crippen LogP contribution in [0.2, 0.25) is 0 Å². The number of benzene rings is 1. The van der Waals surface area contributed by atoms with Crippen LogP contribution in [-0.2, 0) is 4.79 Å². The third-order valence-electron chi connectivity index (χ3n) is 4.77. The first kappa shape index (κ1) is 13.6. The molecule has 1 saturated heterocycles. The summed E-state index contributed by atoms with van der Waals surface area (Å²) >= 11 is 0. The highest BCUT2D eigenvalue weighted by Crippen LogP contribution is 2.39. The normalized spacial score (nSPS) is 33.4. The third kappa shape index (κ3) is 2.14. The van der Waals surface area contributed by atoms with Crippen molar-refractivity contribution in [1.29, 1.82) is 0 Å². The summed E-state index contributed by atoms with van der Waals surface area (Å²) in [5.41, 5.74) is 3.78. The fourth-order valence-electron chi connectivity index (χ4n) is 3.59. The number of nitrogens with zero attached hydrogens (tertiary/aromatic N) is 1. The molecule has 108 valence electrons. The van der Waals surface area contributed by atoms with Gasteiger partial charge in [0.05, 0.1) is 6.04 Å². The Hall–Kier alpha value is -1.35. The molecule has 3 heteroatoms. The molecule has 2 fully saturated rings. The second-order valence-corrected chi connectivity index (χ2v) is 6.63. The van der Waals surface area contributed by atoms with Crippen LogP contribution in [0.4, 0.5) is 0 Å². The summed E-state index contributed by atoms with van der Waals surface area (Å²) in [4.78, 5) is 14.6. The molecule has 1 saturated carbocycles. The summed E-state index contributed by atoms with van der Waals surface area (Å²) in [7, 11) is 0. The summed E-state index contributed by atoms with van der Waals surface area (Å²) < 4.78 is 0. The van der Waals surface area contributed by atoms with Crippen molar-refractivity contribution in [2.24, 2.45) is 5.92 Å². The van der Waals surface area contributed by atoms with E-state index in [4.69, 9.17) is 0 Å². The van der Waals surface area contributed by atoms with Crippen LogP contribution >= 0.6 is 0 Å². The molecule has 1 aliphatic heterocycles. The minimum atomic E-state index is -0.0726. The number of hydrogen-bond donors (Lipinski definition) is 1. The number of aryl methyl sites for hydroxylation is 2. The van der Waals surface area contributed by atoms with E-state index in [1.165, 1.54) is 16.7 Å². The fourth-order valence-corrected chi connectivity index (χ4v) is 3.59. The van der Waals surface area contributed by atoms with Gasteiger partial charge in [-0.1, -0.05) is 30.7 Å². The summed E-state index contributed by atoms with van der Waals surface area (Å²) in [5, 5.41) is 3.47. The van der Waals surface area contributed by atoms with Crippen LogP contribution in [0.3, 0.4) is 0 Å². The van der Waals surface area contributed by atoms with Gasteiger partial charge >= 0.3 is 0 Å². The molecule has 1 heterocycles. The highest BCUT2D eigenvalue weighted by molar-refractivity contribution is 5.84. The molecule has 0 radical (unpaired) electrons. The predicted octanol–water partition coefficient (Wildman–Crippen LogP) is 2.92. The molecule has 0 spiro atoms. The number of rotatable bonds is 2. The van der Waals surface area contributed by atoms with Crippen molar-refractivity contribution in [3.05, 3.63) is 34.9 Å². The van der Waals surface area contributed by atoms with E-state index in [2.05, 4.69) is 49.2 Å². The van der Waals surface area contributed by atoms with Gasteiger partial charge in [-0.2, -0.15) is 0 Å². The van der Waals surface area contributed by atoms with Gasteiger partial charge < -0.3 is 4.90 Å². The molecule has 1 amide bonds. The van der Waals surface area contributed by atoms with Crippen molar-refractivity contribution in [3.63, 3.8) is 0 Å². The van der Waals surface area contributed by atoms with Gasteiger partial charge in [0, 0.05) is 6.04 Å². The van der Waals surface area contributed by atoms with E-state index >= 15 is 0 Å². The van der Waals surface area contributed by atoms with Gasteiger partial charge in [0.25, 0.3) is 0 Å². The number of carbonyl (C=O) groups excluding carboxylic acids is 1. The lowest BCUT2D eigenvalue weighted by molar-refractivity contribution is -0.134. The molecule has 1 aromatic rings. The van der Waals surface area contributed by atoms with E-state index in [-0.39, 0.29) is 18.1 Å². The summed E-state index contributed by atoms with van der Waals surface area (Å²) in [6, 6.07) is 6.85. The smallest absolute Gasteiger partial charge is 0.241 e. The first-order chi connectivity index (χ1) is 9.47. The SMILES string of the molecule is Cc1ccc(C2NC(C)C(=O)N2C2CC(C)C2)c(C)c1. The molecule has 1 aliphatic carbocycles. The number of hydrogen-bond acceptors (Lipinski definition) is 2. The summed E-state index contributed by atoms with van der Waals surface area (Å²) in [5.74, 6) is 1.01. The zero-order chi connectivity index (χ0) is 14.4. The van der Waals surface area contributed by atoms with E-state index < -0.39 is 0 Å². The lowest BCUT2D eigenvalue weighted by atomic mass is 9.80. The topological polar surface area (TPSA) is 32.3 Å². The van der Waals surface area contributed by atoms with Crippen molar-refractivity contribution in [2.75, 3.05) is 0 Å². The molecule has 2 unspecified atom stereocenters. The summed E-state index contributed by atoms with van der Waals surface area (Å²) in [6.45, 7) is 8.48. The van der Waals surface area contributed by atoms with Gasteiger partial charge in [0.2, 0.25) is 5.91 Å². The van der Waals surface area contributed by atoms with Gasteiger partial charge in [-0.3, -0.25) is 10.1 Å². The van der Waals surface area contributed by atoms with Crippen molar-refractivity contribution in [3.8, 4) is 0 Å². The lowest BCUT2D eigenvalue weighted by Crippen LogP contribution is -2.47. The fraction of sp³-hybridized carbons (Fsp3) is 0.588. The number of amides is 1. The van der Waals surface area contributed by atoms with E-state index in [0.717, 1.165) is 18.8 Å². The predicted molar refractivity (Wildman–Crippen MR) is 80.3 cm³/mol. The van der Waals surface area contributed by atoms with E-state index in [1.54, 1.807) is 0 Å². The molecule has 3 nitrogen and oxygen atoms in total. The van der Waals surface area contributed by atoms with E-state index in [0.29, 0.717) is 6.04 Å². The molecule has 2 aliphatic rings. The maximum Gasteiger partial charge on any atom is 0.241 e. The monoisotopic (exact) mass is 272 g/mol. The average molecular weight is 272 g/mol. The van der Waals surface area contributed by atoms with Crippen LogP contribution in [0.1, 0.15) is 49.5 Å². The number of carbonyl (C=O) groups is 1. The quantitative estimate of drug-likeness (QED) is 0.898. The van der Waals surface area contributed by atoms with Crippen molar-refractivity contribution < 1.29 is 4.79 Å². The standard InChI is InChI=1S/C17H24N2O/c1-10-5-6-15(12(3)7-10)16-18-13(4)17(20)19(16)14-8-11(2)9-14/h5-7,11,13-14,16,18H,8-9H2,1-4H3. The van der Waals surface area contributed by atoms with Gasteiger partial charge in [-0.15, -0.1) is 0 Å². The van der Waals surface area contributed by atoms with Crippen LogP contribution < -0.4 is 5.32 Å². The second kappa shape index (κ2) is 4.88. The van der Waals surface area contributed by atoms with Crippen LogP contribution in [-0.4, -0.2) is 22.9 Å². The number of nitrogens with one attached hydrogen (secondary N) is 1. The molecule has 0 bridgehead atoms. The maximum absolute atomic E-state index is 12.5. The minimum absolute atomic E-state index is 0.0515. The van der Waals surface area contributed by atoms with E-state index in [1.807, 2.05) is 6.92 Å². The van der Waals surface area contributed by atoms with Crippen LogP contribution in [0.15, 0.2) is 18.2 Å². The van der Waals surface area contributed by atoms with Crippen molar-refractivity contribution >= 4 is 5.91 Å². The zero-order valence-electron chi connectivity index (χ0n) is 12.8. The van der Waals surface area contributed by atoms with Crippen LogP contribution in [0.5, 0.6) is 0 Å². The molecular weight excluding hydrogens is 248 g/mol. The largest absolute Gasteiger partial charge is 0.319 e. The van der Waals surface area contributed by atoms with Gasteiger partial charge in [-0.05, 0) is 50.7 Å². The molecule has 1 aromatic carbocycles. The Morgan fingerprint density at radius 1 is 1.20 bits per heavy atom. The molecule has 2 atom stereocenters. The third-order valence-corrected chi connectivity index (χ3v) is 4.77. The van der Waals surface area contributed by atoms with Gasteiger partial charge in [0.15, 0.2) is 0 Å². The molecule has 0 aromatic heterocycles. The van der Waals surface area contributed by atoms with Crippen molar-refractivity contribution in [1.82, 2.24) is 10.2 Å².